The van der Waals surface area contributed by atoms with Crippen LogP contribution in [0, 0.1) is 0 Å². The Morgan fingerprint density at radius 3 is 2.59 bits per heavy atom. The van der Waals surface area contributed by atoms with Crippen LogP contribution in [0.1, 0.15) is 16.8 Å². The summed E-state index contributed by atoms with van der Waals surface area (Å²) in [7, 11) is 0. The van der Waals surface area contributed by atoms with Crippen molar-refractivity contribution in [1.82, 2.24) is 0 Å². The highest BCUT2D eigenvalue weighted by Crippen LogP contribution is 2.41. The SMILES string of the molecule is Nc1cccc(C(=O)CCCl)c1SC(F)(F)F. The number of carbonyl (C=O) groups is 1. The van der Waals surface area contributed by atoms with Crippen LogP contribution >= 0.6 is 23.4 Å². The molecule has 2 nitrogen and oxygen atoms in total. The van der Waals surface area contributed by atoms with Gasteiger partial charge in [0.25, 0.3) is 0 Å². The molecule has 0 radical (unpaired) electrons. The summed E-state index contributed by atoms with van der Waals surface area (Å²) in [6.45, 7) is 0. The quantitative estimate of drug-likeness (QED) is 0.397. The van der Waals surface area contributed by atoms with Gasteiger partial charge < -0.3 is 5.73 Å². The summed E-state index contributed by atoms with van der Waals surface area (Å²) >= 11 is 5.01. The molecule has 0 aliphatic heterocycles. The van der Waals surface area contributed by atoms with Crippen molar-refractivity contribution in [2.75, 3.05) is 11.6 Å². The molecule has 0 amide bonds. The smallest absolute Gasteiger partial charge is 0.398 e. The highest BCUT2D eigenvalue weighted by Gasteiger charge is 2.32. The number of hydrogen-bond donors (Lipinski definition) is 1. The molecule has 1 aromatic carbocycles. The van der Waals surface area contributed by atoms with E-state index in [1.807, 2.05) is 0 Å². The number of alkyl halides is 4. The van der Waals surface area contributed by atoms with Crippen molar-refractivity contribution in [3.05, 3.63) is 23.8 Å². The number of halogens is 4. The number of rotatable bonds is 4. The van der Waals surface area contributed by atoms with Crippen molar-refractivity contribution in [3.8, 4) is 0 Å². The van der Waals surface area contributed by atoms with Crippen LogP contribution in [-0.2, 0) is 0 Å². The third-order valence-electron chi connectivity index (χ3n) is 1.89. The van der Waals surface area contributed by atoms with Crippen molar-refractivity contribution >= 4 is 34.8 Å². The Labute approximate surface area is 105 Å². The van der Waals surface area contributed by atoms with Crippen LogP contribution in [0.15, 0.2) is 23.1 Å². The fourth-order valence-corrected chi connectivity index (χ4v) is 2.11. The lowest BCUT2D eigenvalue weighted by Gasteiger charge is -2.12. The number of nitrogens with two attached hydrogens (primary N) is 1. The number of hydrogen-bond acceptors (Lipinski definition) is 3. The Balaban J connectivity index is 3.13. The number of nitrogen functional groups attached to an aromatic ring is 1. The van der Waals surface area contributed by atoms with E-state index in [0.29, 0.717) is 0 Å². The van der Waals surface area contributed by atoms with E-state index in [4.69, 9.17) is 17.3 Å². The zero-order valence-electron chi connectivity index (χ0n) is 8.55. The highest BCUT2D eigenvalue weighted by molar-refractivity contribution is 8.00. The topological polar surface area (TPSA) is 43.1 Å². The van der Waals surface area contributed by atoms with Crippen LogP contribution < -0.4 is 5.73 Å². The van der Waals surface area contributed by atoms with Crippen LogP contribution in [-0.4, -0.2) is 17.2 Å². The third-order valence-corrected chi connectivity index (χ3v) is 2.97. The molecular formula is C10H9ClF3NOS. The molecule has 0 atom stereocenters. The monoisotopic (exact) mass is 283 g/mol. The zero-order valence-corrected chi connectivity index (χ0v) is 10.1. The predicted molar refractivity (Wildman–Crippen MR) is 62.4 cm³/mol. The summed E-state index contributed by atoms with van der Waals surface area (Å²) in [5.74, 6) is -0.386. The average Bonchev–Trinajstić information content (AvgIpc) is 2.19. The molecule has 0 aliphatic rings. The maximum absolute atomic E-state index is 12.3. The first-order chi connectivity index (χ1) is 7.85. The molecule has 0 aromatic heterocycles. The van der Waals surface area contributed by atoms with Crippen molar-refractivity contribution in [3.63, 3.8) is 0 Å². The summed E-state index contributed by atoms with van der Waals surface area (Å²) in [6.07, 6.45) is -0.0174. The zero-order chi connectivity index (χ0) is 13.1. The number of ketones is 1. The molecule has 0 heterocycles. The number of carbonyl (C=O) groups excluding carboxylic acids is 1. The van der Waals surface area contributed by atoms with Crippen molar-refractivity contribution in [2.45, 2.75) is 16.8 Å². The molecule has 1 aromatic rings. The van der Waals surface area contributed by atoms with Gasteiger partial charge >= 0.3 is 5.51 Å². The van der Waals surface area contributed by atoms with Gasteiger partial charge in [-0.1, -0.05) is 12.1 Å². The molecule has 0 bridgehead atoms. The second-order valence-corrected chi connectivity index (χ2v) is 4.59. The van der Waals surface area contributed by atoms with Crippen LogP contribution in [0.25, 0.3) is 0 Å². The third kappa shape index (κ3) is 4.12. The van der Waals surface area contributed by atoms with Crippen molar-refractivity contribution < 1.29 is 18.0 Å². The summed E-state index contributed by atoms with van der Waals surface area (Å²) in [4.78, 5) is 11.3. The predicted octanol–water partition coefficient (Wildman–Crippen LogP) is 3.69. The molecule has 94 valence electrons. The number of benzene rings is 1. The molecule has 7 heteroatoms. The Kier molecular flexibility index (Phi) is 4.70. The van der Waals surface area contributed by atoms with E-state index in [9.17, 15) is 18.0 Å². The number of anilines is 1. The Hall–Kier alpha value is -0.880. The van der Waals surface area contributed by atoms with E-state index >= 15 is 0 Å². The molecule has 0 saturated carbocycles. The average molecular weight is 284 g/mol. The summed E-state index contributed by atoms with van der Waals surface area (Å²) in [6, 6.07) is 4.09. The number of Topliss-reactive ketones (excluding diaryl/α,β-unsaturated/α-hetero) is 1. The van der Waals surface area contributed by atoms with E-state index in [1.165, 1.54) is 18.2 Å². The van der Waals surface area contributed by atoms with Crippen LogP contribution in [0.5, 0.6) is 0 Å². The molecule has 0 fully saturated rings. The Morgan fingerprint density at radius 2 is 2.06 bits per heavy atom. The lowest BCUT2D eigenvalue weighted by Crippen LogP contribution is -2.08. The van der Waals surface area contributed by atoms with Gasteiger partial charge in [0.2, 0.25) is 0 Å². The van der Waals surface area contributed by atoms with Crippen molar-refractivity contribution in [2.24, 2.45) is 0 Å². The molecule has 0 unspecified atom stereocenters. The highest BCUT2D eigenvalue weighted by atomic mass is 35.5. The minimum absolute atomic E-state index is 0.0174. The first-order valence-corrected chi connectivity index (χ1v) is 5.93. The van der Waals surface area contributed by atoms with E-state index in [1.54, 1.807) is 0 Å². The van der Waals surface area contributed by atoms with Crippen LogP contribution in [0.2, 0.25) is 0 Å². The minimum Gasteiger partial charge on any atom is -0.398 e. The molecule has 17 heavy (non-hydrogen) atoms. The molecule has 0 aliphatic carbocycles. The van der Waals surface area contributed by atoms with Gasteiger partial charge in [0, 0.05) is 28.4 Å². The Morgan fingerprint density at radius 1 is 1.41 bits per heavy atom. The molecular weight excluding hydrogens is 275 g/mol. The lowest BCUT2D eigenvalue weighted by molar-refractivity contribution is -0.0328. The van der Waals surface area contributed by atoms with Gasteiger partial charge in [-0.05, 0) is 17.8 Å². The van der Waals surface area contributed by atoms with Crippen LogP contribution in [0.4, 0.5) is 18.9 Å². The molecule has 0 saturated heterocycles. The molecule has 0 spiro atoms. The molecule has 2 N–H and O–H groups in total. The largest absolute Gasteiger partial charge is 0.446 e. The summed E-state index contributed by atoms with van der Waals surface area (Å²) < 4.78 is 37.0. The van der Waals surface area contributed by atoms with Crippen LogP contribution in [0.3, 0.4) is 0 Å². The minimum atomic E-state index is -4.48. The van der Waals surface area contributed by atoms with Gasteiger partial charge in [-0.3, -0.25) is 4.79 Å². The number of thioether (sulfide) groups is 1. The fraction of sp³-hybridized carbons (Fsp3) is 0.300. The second kappa shape index (κ2) is 5.64. The Bertz CT molecular complexity index is 423. The second-order valence-electron chi connectivity index (χ2n) is 3.13. The van der Waals surface area contributed by atoms with E-state index < -0.39 is 11.3 Å². The van der Waals surface area contributed by atoms with Gasteiger partial charge in [0.05, 0.1) is 0 Å². The first kappa shape index (κ1) is 14.2. The van der Waals surface area contributed by atoms with Gasteiger partial charge in [0.1, 0.15) is 0 Å². The maximum Gasteiger partial charge on any atom is 0.446 e. The summed E-state index contributed by atoms with van der Waals surface area (Å²) in [5.41, 5.74) is 0.879. The van der Waals surface area contributed by atoms with E-state index in [-0.39, 0.29) is 40.2 Å². The van der Waals surface area contributed by atoms with Gasteiger partial charge in [-0.25, -0.2) is 0 Å². The maximum atomic E-state index is 12.3. The van der Waals surface area contributed by atoms with Crippen molar-refractivity contribution in [1.29, 1.82) is 0 Å². The fourth-order valence-electron chi connectivity index (χ4n) is 1.22. The van der Waals surface area contributed by atoms with E-state index in [2.05, 4.69) is 0 Å². The van der Waals surface area contributed by atoms with Gasteiger partial charge in [0.15, 0.2) is 5.78 Å². The van der Waals surface area contributed by atoms with Gasteiger partial charge in [-0.15, -0.1) is 11.6 Å². The normalized spacial score (nSPS) is 11.5. The first-order valence-electron chi connectivity index (χ1n) is 4.58. The lowest BCUT2D eigenvalue weighted by atomic mass is 10.1. The molecule has 1 rings (SSSR count). The summed E-state index contributed by atoms with van der Waals surface area (Å²) in [5, 5.41) is 0. The standard InChI is InChI=1S/C10H9ClF3NOS/c11-5-4-8(16)6-2-1-3-7(15)9(6)17-10(12,13)14/h1-3H,4-5,15H2. The van der Waals surface area contributed by atoms with Gasteiger partial charge in [-0.2, -0.15) is 13.2 Å². The van der Waals surface area contributed by atoms with E-state index in [0.717, 1.165) is 0 Å².